The Kier molecular flexibility index (Phi) is 9.44. The largest absolute Gasteiger partial charge is 0.479 e. The van der Waals surface area contributed by atoms with Gasteiger partial charge in [0.1, 0.15) is 23.7 Å². The minimum absolute atomic E-state index is 0.0111. The van der Waals surface area contributed by atoms with E-state index < -0.39 is 74.7 Å². The number of methoxy groups -OCH3 is 1. The Bertz CT molecular complexity index is 1780. The normalized spacial score (nSPS) is 31.3. The van der Waals surface area contributed by atoms with E-state index in [-0.39, 0.29) is 31.2 Å². The van der Waals surface area contributed by atoms with E-state index in [0.29, 0.717) is 42.3 Å². The van der Waals surface area contributed by atoms with Gasteiger partial charge in [-0.15, -0.1) is 10.2 Å². The Labute approximate surface area is 284 Å². The van der Waals surface area contributed by atoms with Crippen molar-refractivity contribution in [3.05, 3.63) is 36.4 Å². The molecule has 4 aliphatic rings. The smallest absolute Gasteiger partial charge is 0.405 e. The summed E-state index contributed by atoms with van der Waals surface area (Å²) in [6.07, 6.45) is 4.64. The van der Waals surface area contributed by atoms with Gasteiger partial charge in [-0.05, 0) is 62.5 Å². The number of nitrogens with zero attached hydrogens (tertiary/aromatic N) is 3. The van der Waals surface area contributed by atoms with Gasteiger partial charge in [0, 0.05) is 12.3 Å². The van der Waals surface area contributed by atoms with Crippen LogP contribution in [0.2, 0.25) is 0 Å². The Morgan fingerprint density at radius 1 is 1.06 bits per heavy atom. The molecule has 1 aromatic carbocycles. The molecule has 4 N–H and O–H groups in total. The zero-order chi connectivity index (χ0) is 35.1. The summed E-state index contributed by atoms with van der Waals surface area (Å²) >= 11 is 0. The number of aromatic nitrogens is 2. The highest BCUT2D eigenvalue weighted by atomic mass is 32.2. The molecule has 0 radical (unpaired) electrons. The van der Waals surface area contributed by atoms with Crippen LogP contribution in [-0.2, 0) is 24.4 Å². The van der Waals surface area contributed by atoms with Crippen molar-refractivity contribution in [3.8, 4) is 11.8 Å². The van der Waals surface area contributed by atoms with Crippen molar-refractivity contribution in [1.29, 1.82) is 0 Å². The van der Waals surface area contributed by atoms with Crippen LogP contribution < -0.4 is 24.8 Å². The number of sulfonamides is 1. The van der Waals surface area contributed by atoms with Crippen molar-refractivity contribution >= 4 is 44.6 Å². The molecule has 2 saturated carbocycles. The van der Waals surface area contributed by atoms with Gasteiger partial charge in [0.15, 0.2) is 0 Å². The highest BCUT2D eigenvalue weighted by molar-refractivity contribution is 7.91. The van der Waals surface area contributed by atoms with Gasteiger partial charge < -0.3 is 30.1 Å². The molecule has 49 heavy (non-hydrogen) atoms. The molecule has 6 rings (SSSR count). The number of allylic oxidation sites excluding steroid dienone is 1. The minimum atomic E-state index is -3.90. The first-order valence-electron chi connectivity index (χ1n) is 16.6. The number of benzene rings is 1. The van der Waals surface area contributed by atoms with Crippen LogP contribution in [0.4, 0.5) is 4.79 Å². The molecule has 2 aliphatic heterocycles. The summed E-state index contributed by atoms with van der Waals surface area (Å²) in [5.74, 6) is -2.38. The zero-order valence-corrected chi connectivity index (χ0v) is 28.4. The predicted octanol–water partition coefficient (Wildman–Crippen LogP) is 2.12. The molecule has 16 heteroatoms. The molecule has 2 aliphatic carbocycles. The van der Waals surface area contributed by atoms with E-state index in [4.69, 9.17) is 9.47 Å². The summed E-state index contributed by atoms with van der Waals surface area (Å²) in [6, 6.07) is 4.85. The molecule has 1 saturated heterocycles. The lowest BCUT2D eigenvalue weighted by Gasteiger charge is -2.32. The van der Waals surface area contributed by atoms with Gasteiger partial charge in [0.25, 0.3) is 5.91 Å². The quantitative estimate of drug-likeness (QED) is 0.308. The van der Waals surface area contributed by atoms with Gasteiger partial charge in [-0.25, -0.2) is 13.2 Å². The van der Waals surface area contributed by atoms with E-state index in [1.165, 1.54) is 12.0 Å². The Morgan fingerprint density at radius 2 is 1.76 bits per heavy atom. The van der Waals surface area contributed by atoms with Crippen molar-refractivity contribution in [2.75, 3.05) is 13.7 Å². The first-order chi connectivity index (χ1) is 23.3. The maximum Gasteiger partial charge on any atom is 0.405 e. The fraction of sp³-hybridized carbons (Fsp3) is 0.576. The maximum absolute atomic E-state index is 14.3. The number of amides is 4. The lowest BCUT2D eigenvalue weighted by atomic mass is 9.88. The van der Waals surface area contributed by atoms with Crippen LogP contribution in [0.1, 0.15) is 58.8 Å². The second-order valence-corrected chi connectivity index (χ2v) is 15.7. The summed E-state index contributed by atoms with van der Waals surface area (Å²) in [5, 5.41) is 23.8. The molecule has 3 fully saturated rings. The molecule has 264 valence electrons. The average molecular weight is 699 g/mol. The number of ether oxygens (including phenoxy) is 2. The number of carbonyl (C=O) groups excluding carboxylic acids is 3. The second kappa shape index (κ2) is 13.4. The number of carboxylic acid groups (broad SMARTS) is 1. The van der Waals surface area contributed by atoms with Crippen LogP contribution in [0.25, 0.3) is 10.8 Å². The molecule has 3 heterocycles. The third-order valence-corrected chi connectivity index (χ3v) is 11.8. The van der Waals surface area contributed by atoms with Crippen molar-refractivity contribution in [2.24, 2.45) is 17.8 Å². The van der Waals surface area contributed by atoms with Gasteiger partial charge in [-0.2, -0.15) is 0 Å². The van der Waals surface area contributed by atoms with Crippen molar-refractivity contribution < 1.29 is 42.2 Å². The molecule has 0 spiro atoms. The summed E-state index contributed by atoms with van der Waals surface area (Å²) in [4.78, 5) is 55.3. The average Bonchev–Trinajstić information content (AvgIpc) is 3.98. The number of nitrogens with one attached hydrogen (secondary N) is 3. The Balaban J connectivity index is 1.34. The van der Waals surface area contributed by atoms with Gasteiger partial charge >= 0.3 is 6.09 Å². The lowest BCUT2D eigenvalue weighted by molar-refractivity contribution is -0.142. The summed E-state index contributed by atoms with van der Waals surface area (Å²) in [7, 11) is -2.43. The molecule has 1 aromatic heterocycles. The van der Waals surface area contributed by atoms with Gasteiger partial charge in [-0.1, -0.05) is 38.1 Å². The first-order valence-corrected chi connectivity index (χ1v) is 18.2. The maximum atomic E-state index is 14.3. The van der Waals surface area contributed by atoms with E-state index in [9.17, 15) is 32.7 Å². The van der Waals surface area contributed by atoms with E-state index in [0.717, 1.165) is 6.42 Å². The molecule has 2 aromatic rings. The number of hydrogen-bond acceptors (Lipinski definition) is 10. The van der Waals surface area contributed by atoms with Crippen molar-refractivity contribution in [2.45, 2.75) is 87.8 Å². The van der Waals surface area contributed by atoms with Crippen LogP contribution in [0.15, 0.2) is 36.4 Å². The monoisotopic (exact) mass is 698 g/mol. The van der Waals surface area contributed by atoms with Crippen molar-refractivity contribution in [3.63, 3.8) is 0 Å². The van der Waals surface area contributed by atoms with E-state index in [2.05, 4.69) is 25.6 Å². The third-order valence-electron chi connectivity index (χ3n) is 9.99. The highest BCUT2D eigenvalue weighted by Gasteiger charge is 2.62. The van der Waals surface area contributed by atoms with Crippen LogP contribution in [-0.4, -0.2) is 95.1 Å². The zero-order valence-electron chi connectivity index (χ0n) is 27.6. The molecule has 0 unspecified atom stereocenters. The summed E-state index contributed by atoms with van der Waals surface area (Å²) in [6.45, 7) is 3.74. The van der Waals surface area contributed by atoms with E-state index in [1.54, 1.807) is 25.1 Å². The number of carbonyl (C=O) groups is 4. The third kappa shape index (κ3) is 7.14. The molecule has 15 nitrogen and oxygen atoms in total. The first kappa shape index (κ1) is 34.4. The van der Waals surface area contributed by atoms with E-state index in [1.807, 2.05) is 25.1 Å². The molecule has 4 amide bonds. The van der Waals surface area contributed by atoms with Gasteiger partial charge in [0.2, 0.25) is 33.6 Å². The van der Waals surface area contributed by atoms with Crippen LogP contribution >= 0.6 is 0 Å². The van der Waals surface area contributed by atoms with Gasteiger partial charge in [0.05, 0.1) is 29.7 Å². The number of hydrogen-bond donors (Lipinski definition) is 4. The lowest BCUT2D eigenvalue weighted by Crippen LogP contribution is -2.59. The fourth-order valence-electron chi connectivity index (χ4n) is 7.08. The highest BCUT2D eigenvalue weighted by Crippen LogP contribution is 2.46. The predicted molar refractivity (Wildman–Crippen MR) is 176 cm³/mol. The standard InChI is InChI=1S/C33H42N6O9S/c1-18-8-4-5-9-20-16-33(20,31(42)38-49(45,46)22-12-13-22)35-27(40)25-15-21(17-39(25)30(41)26(19(2)14-18)34-32(43)44)48-29-24-11-7-6-10-23(24)28(47-3)36-37-29/h5-7,9-11,18-22,25-26,34H,4,8,12-17H2,1-3H3,(H,35,40)(H,38,42)(H,43,44)/b9-5-/t18-,19-,20-,21-,25+,26+,33-/m1/s1. The summed E-state index contributed by atoms with van der Waals surface area (Å²) < 4.78 is 39.3. The SMILES string of the molecule is COc1nnc(O[C@@H]2C[C@H]3C(=O)N[C@]4(C(=O)NS(=O)(=O)C5CC5)C[C@H]4/C=C\CC[C@@H](C)C[C@@H](C)[C@H](NC(=O)O)C(=O)N3C2)c2ccccc12. The molecular formula is C33H42N6O9S. The van der Waals surface area contributed by atoms with Crippen molar-refractivity contribution in [1.82, 2.24) is 30.5 Å². The molecule has 7 atom stereocenters. The van der Waals surface area contributed by atoms with Crippen LogP contribution in [0.3, 0.4) is 0 Å². The Hall–Kier alpha value is -4.47. The number of rotatable bonds is 7. The second-order valence-electron chi connectivity index (χ2n) is 13.7. The van der Waals surface area contributed by atoms with Crippen LogP contribution in [0, 0.1) is 17.8 Å². The topological polar surface area (TPSA) is 206 Å². The fourth-order valence-corrected chi connectivity index (χ4v) is 8.45. The molecule has 0 bridgehead atoms. The van der Waals surface area contributed by atoms with Gasteiger partial charge in [-0.3, -0.25) is 19.1 Å². The summed E-state index contributed by atoms with van der Waals surface area (Å²) in [5.41, 5.74) is -1.53. The molecular weight excluding hydrogens is 656 g/mol. The minimum Gasteiger partial charge on any atom is -0.479 e. The van der Waals surface area contributed by atoms with Crippen LogP contribution in [0.5, 0.6) is 11.8 Å². The Morgan fingerprint density at radius 3 is 2.43 bits per heavy atom. The van der Waals surface area contributed by atoms with E-state index >= 15 is 0 Å². The number of fused-ring (bicyclic) bond motifs is 3.